The maximum Gasteiger partial charge on any atom is 0.162 e. The van der Waals surface area contributed by atoms with Gasteiger partial charge in [-0.3, -0.25) is 4.79 Å². The van der Waals surface area contributed by atoms with Crippen molar-refractivity contribution in [2.75, 3.05) is 0 Å². The van der Waals surface area contributed by atoms with Crippen LogP contribution in [0.2, 0.25) is 0 Å². The lowest BCUT2D eigenvalue weighted by atomic mass is 10.0. The summed E-state index contributed by atoms with van der Waals surface area (Å²) in [5, 5.41) is 0. The van der Waals surface area contributed by atoms with Gasteiger partial charge < -0.3 is 0 Å². The molecule has 1 aliphatic carbocycles. The molecule has 0 unspecified atom stereocenters. The Morgan fingerprint density at radius 2 is 1.93 bits per heavy atom. The van der Waals surface area contributed by atoms with E-state index < -0.39 is 0 Å². The molecule has 0 atom stereocenters. The molecule has 0 radical (unpaired) electrons. The van der Waals surface area contributed by atoms with Crippen molar-refractivity contribution >= 4 is 5.78 Å². The van der Waals surface area contributed by atoms with Crippen molar-refractivity contribution in [1.82, 2.24) is 0 Å². The summed E-state index contributed by atoms with van der Waals surface area (Å²) in [5.74, 6) is 1.15. The van der Waals surface area contributed by atoms with Gasteiger partial charge in [-0.2, -0.15) is 0 Å². The van der Waals surface area contributed by atoms with Crippen LogP contribution in [0.5, 0.6) is 0 Å². The molecule has 2 rings (SSSR count). The van der Waals surface area contributed by atoms with E-state index in [1.54, 1.807) is 0 Å². The average molecular weight is 188 g/mol. The van der Waals surface area contributed by atoms with Crippen LogP contribution in [-0.2, 0) is 0 Å². The quantitative estimate of drug-likeness (QED) is 0.662. The van der Waals surface area contributed by atoms with Crippen molar-refractivity contribution in [1.29, 1.82) is 0 Å². The van der Waals surface area contributed by atoms with Gasteiger partial charge >= 0.3 is 0 Å². The third-order valence-corrected chi connectivity index (χ3v) is 2.85. The van der Waals surface area contributed by atoms with Crippen molar-refractivity contribution in [2.45, 2.75) is 32.6 Å². The van der Waals surface area contributed by atoms with Crippen LogP contribution in [0.15, 0.2) is 24.3 Å². The second kappa shape index (κ2) is 3.95. The second-order valence-corrected chi connectivity index (χ2v) is 4.27. The summed E-state index contributed by atoms with van der Waals surface area (Å²) in [6.45, 7) is 2.04. The number of carbonyl (C=O) groups is 1. The monoisotopic (exact) mass is 188 g/mol. The van der Waals surface area contributed by atoms with Crippen LogP contribution in [0.3, 0.4) is 0 Å². The molecule has 1 fully saturated rings. The Morgan fingerprint density at radius 3 is 2.50 bits per heavy atom. The van der Waals surface area contributed by atoms with Crippen molar-refractivity contribution in [3.05, 3.63) is 35.4 Å². The molecule has 0 spiro atoms. The zero-order valence-corrected chi connectivity index (χ0v) is 8.62. The SMILES string of the molecule is Cc1ccc(C(=O)CCC2CC2)cc1. The second-order valence-electron chi connectivity index (χ2n) is 4.27. The molecule has 1 aromatic carbocycles. The number of aryl methyl sites for hydroxylation is 1. The van der Waals surface area contributed by atoms with Crippen LogP contribution in [0.1, 0.15) is 41.6 Å². The molecule has 0 bridgehead atoms. The van der Waals surface area contributed by atoms with Crippen LogP contribution in [-0.4, -0.2) is 5.78 Å². The molecule has 74 valence electrons. The molecule has 0 heterocycles. The fourth-order valence-electron chi connectivity index (χ4n) is 1.63. The van der Waals surface area contributed by atoms with Crippen LogP contribution in [0.25, 0.3) is 0 Å². The summed E-state index contributed by atoms with van der Waals surface area (Å²) < 4.78 is 0. The summed E-state index contributed by atoms with van der Waals surface area (Å²) in [4.78, 5) is 11.7. The first-order valence-corrected chi connectivity index (χ1v) is 5.35. The van der Waals surface area contributed by atoms with Gasteiger partial charge in [-0.1, -0.05) is 42.7 Å². The van der Waals surface area contributed by atoms with Gasteiger partial charge in [0.25, 0.3) is 0 Å². The molecule has 1 aromatic rings. The molecule has 0 saturated heterocycles. The maximum absolute atomic E-state index is 11.7. The van der Waals surface area contributed by atoms with Crippen molar-refractivity contribution in [3.8, 4) is 0 Å². The first-order valence-electron chi connectivity index (χ1n) is 5.35. The van der Waals surface area contributed by atoms with Crippen LogP contribution in [0, 0.1) is 12.8 Å². The van der Waals surface area contributed by atoms with E-state index in [1.165, 1.54) is 18.4 Å². The Balaban J connectivity index is 1.92. The normalized spacial score (nSPS) is 15.5. The van der Waals surface area contributed by atoms with Gasteiger partial charge in [-0.15, -0.1) is 0 Å². The van der Waals surface area contributed by atoms with Crippen molar-refractivity contribution < 1.29 is 4.79 Å². The fourth-order valence-corrected chi connectivity index (χ4v) is 1.63. The number of ketones is 1. The Labute approximate surface area is 85.1 Å². The van der Waals surface area contributed by atoms with Crippen molar-refractivity contribution in [3.63, 3.8) is 0 Å². The van der Waals surface area contributed by atoms with Gasteiger partial charge in [-0.25, -0.2) is 0 Å². The van der Waals surface area contributed by atoms with Gasteiger partial charge in [0.15, 0.2) is 5.78 Å². The zero-order valence-electron chi connectivity index (χ0n) is 8.62. The van der Waals surface area contributed by atoms with Crippen molar-refractivity contribution in [2.24, 2.45) is 5.92 Å². The van der Waals surface area contributed by atoms with Gasteiger partial charge in [0.1, 0.15) is 0 Å². The number of benzene rings is 1. The Bertz CT molecular complexity index is 320. The largest absolute Gasteiger partial charge is 0.294 e. The third-order valence-electron chi connectivity index (χ3n) is 2.85. The summed E-state index contributed by atoms with van der Waals surface area (Å²) in [6, 6.07) is 7.88. The summed E-state index contributed by atoms with van der Waals surface area (Å²) >= 11 is 0. The Kier molecular flexibility index (Phi) is 2.67. The van der Waals surface area contributed by atoms with Crippen LogP contribution >= 0.6 is 0 Å². The Hall–Kier alpha value is -1.11. The summed E-state index contributed by atoms with van der Waals surface area (Å²) in [6.07, 6.45) is 4.49. The predicted octanol–water partition coefficient (Wildman–Crippen LogP) is 3.37. The highest BCUT2D eigenvalue weighted by molar-refractivity contribution is 5.96. The molecular formula is C13H16O. The molecular weight excluding hydrogens is 172 g/mol. The molecule has 0 N–H and O–H groups in total. The fraction of sp³-hybridized carbons (Fsp3) is 0.462. The lowest BCUT2D eigenvalue weighted by Gasteiger charge is -2.00. The highest BCUT2D eigenvalue weighted by atomic mass is 16.1. The van der Waals surface area contributed by atoms with E-state index in [-0.39, 0.29) is 0 Å². The highest BCUT2D eigenvalue weighted by Crippen LogP contribution is 2.33. The smallest absolute Gasteiger partial charge is 0.162 e. The van der Waals surface area contributed by atoms with E-state index >= 15 is 0 Å². The van der Waals surface area contributed by atoms with Crippen LogP contribution < -0.4 is 0 Å². The zero-order chi connectivity index (χ0) is 9.97. The van der Waals surface area contributed by atoms with E-state index in [2.05, 4.69) is 0 Å². The number of Topliss-reactive ketones (excluding diaryl/α,β-unsaturated/α-hetero) is 1. The topological polar surface area (TPSA) is 17.1 Å². The van der Waals surface area contributed by atoms with E-state index in [1.807, 2.05) is 31.2 Å². The van der Waals surface area contributed by atoms with Crippen LogP contribution in [0.4, 0.5) is 0 Å². The number of carbonyl (C=O) groups excluding carboxylic acids is 1. The van der Waals surface area contributed by atoms with E-state index in [0.29, 0.717) is 5.78 Å². The minimum Gasteiger partial charge on any atom is -0.294 e. The summed E-state index contributed by atoms with van der Waals surface area (Å²) in [5.41, 5.74) is 2.08. The lowest BCUT2D eigenvalue weighted by molar-refractivity contribution is 0.0978. The molecule has 0 aliphatic heterocycles. The minimum absolute atomic E-state index is 0.303. The maximum atomic E-state index is 11.7. The van der Waals surface area contributed by atoms with Gasteiger partial charge in [0, 0.05) is 12.0 Å². The Morgan fingerprint density at radius 1 is 1.29 bits per heavy atom. The van der Waals surface area contributed by atoms with E-state index in [9.17, 15) is 4.79 Å². The lowest BCUT2D eigenvalue weighted by Crippen LogP contribution is -1.99. The third kappa shape index (κ3) is 2.44. The molecule has 1 heteroatoms. The highest BCUT2D eigenvalue weighted by Gasteiger charge is 2.21. The molecule has 0 aromatic heterocycles. The summed E-state index contributed by atoms with van der Waals surface area (Å²) in [7, 11) is 0. The average Bonchev–Trinajstić information content (AvgIpc) is 2.99. The van der Waals surface area contributed by atoms with E-state index in [4.69, 9.17) is 0 Å². The first kappa shape index (κ1) is 9.45. The van der Waals surface area contributed by atoms with E-state index in [0.717, 1.165) is 24.3 Å². The number of hydrogen-bond acceptors (Lipinski definition) is 1. The van der Waals surface area contributed by atoms with Gasteiger partial charge in [0.05, 0.1) is 0 Å². The molecule has 1 saturated carbocycles. The van der Waals surface area contributed by atoms with Gasteiger partial charge in [0.2, 0.25) is 0 Å². The number of rotatable bonds is 4. The standard InChI is InChI=1S/C13H16O/c1-10-2-7-12(8-3-10)13(14)9-6-11-4-5-11/h2-3,7-8,11H,4-6,9H2,1H3. The molecule has 1 nitrogen and oxygen atoms in total. The van der Waals surface area contributed by atoms with Gasteiger partial charge in [-0.05, 0) is 19.3 Å². The molecule has 14 heavy (non-hydrogen) atoms. The molecule has 1 aliphatic rings. The minimum atomic E-state index is 0.303. The first-order chi connectivity index (χ1) is 6.75. The molecule has 0 amide bonds. The number of hydrogen-bond donors (Lipinski definition) is 0. The predicted molar refractivity (Wildman–Crippen MR) is 57.5 cm³/mol.